The third-order valence-corrected chi connectivity index (χ3v) is 4.33. The molecule has 0 aliphatic carbocycles. The van der Waals surface area contributed by atoms with Crippen LogP contribution in [0.4, 0.5) is 11.4 Å². The number of para-hydroxylation sites is 2. The number of non-ortho nitro benzene ring substituents is 1. The molecule has 1 aliphatic rings. The van der Waals surface area contributed by atoms with E-state index in [1.165, 1.54) is 19.2 Å². The number of nitro groups is 1. The fraction of sp³-hybridized carbons (Fsp3) is 0.263. The van der Waals surface area contributed by atoms with E-state index in [1.54, 1.807) is 29.3 Å². The number of nitrogens with one attached hydrogen (secondary N) is 2. The number of hydrogen-bond donors (Lipinski definition) is 2. The first-order valence-electron chi connectivity index (χ1n) is 8.86. The highest BCUT2D eigenvalue weighted by Gasteiger charge is 2.23. The Morgan fingerprint density at radius 1 is 1.10 bits per heavy atom. The number of amides is 2. The van der Waals surface area contributed by atoms with E-state index in [9.17, 15) is 19.7 Å². The molecule has 0 bridgehead atoms. The average molecular weight is 400 g/mol. The number of hydrogen-bond acceptors (Lipinski definition) is 7. The summed E-state index contributed by atoms with van der Waals surface area (Å²) in [5.41, 5.74) is 2.70. The summed E-state index contributed by atoms with van der Waals surface area (Å²) in [6, 6.07) is 10.3. The van der Waals surface area contributed by atoms with Gasteiger partial charge in [-0.3, -0.25) is 25.1 Å². The molecule has 2 aromatic carbocycles. The van der Waals surface area contributed by atoms with Crippen LogP contribution in [0.5, 0.6) is 5.75 Å². The molecule has 2 N–H and O–H groups in total. The summed E-state index contributed by atoms with van der Waals surface area (Å²) in [5.74, 6) is -0.775. The molecule has 1 aliphatic heterocycles. The van der Waals surface area contributed by atoms with E-state index >= 15 is 0 Å². The molecule has 0 spiro atoms. The first-order valence-corrected chi connectivity index (χ1v) is 8.86. The molecule has 3 rings (SSSR count). The fourth-order valence-electron chi connectivity index (χ4n) is 2.85. The van der Waals surface area contributed by atoms with Gasteiger partial charge in [0.1, 0.15) is 5.75 Å². The third kappa shape index (κ3) is 4.86. The topological polar surface area (TPSA) is 123 Å². The highest BCUT2D eigenvalue weighted by molar-refractivity contribution is 6.12. The lowest BCUT2D eigenvalue weighted by Gasteiger charge is -2.27. The van der Waals surface area contributed by atoms with Crippen molar-refractivity contribution < 1.29 is 24.0 Å². The lowest BCUT2D eigenvalue weighted by Crippen LogP contribution is -2.48. The Bertz CT molecular complexity index is 927. The molecule has 0 saturated carbocycles. The monoisotopic (exact) mass is 400 g/mol. The van der Waals surface area contributed by atoms with Gasteiger partial charge in [-0.2, -0.15) is 0 Å². The van der Waals surface area contributed by atoms with Crippen LogP contribution in [0.3, 0.4) is 0 Å². The Morgan fingerprint density at radius 2 is 1.83 bits per heavy atom. The highest BCUT2D eigenvalue weighted by Crippen LogP contribution is 2.25. The van der Waals surface area contributed by atoms with E-state index in [2.05, 4.69) is 10.7 Å². The van der Waals surface area contributed by atoms with Crippen LogP contribution >= 0.6 is 0 Å². The van der Waals surface area contributed by atoms with Gasteiger partial charge in [0.15, 0.2) is 0 Å². The Labute approximate surface area is 166 Å². The molecule has 29 heavy (non-hydrogen) atoms. The molecule has 1 heterocycles. The maximum Gasteiger partial charge on any atom is 0.270 e. The highest BCUT2D eigenvalue weighted by atomic mass is 16.6. The van der Waals surface area contributed by atoms with Crippen molar-refractivity contribution in [2.75, 3.05) is 38.7 Å². The molecular formula is C19H20N4O6. The summed E-state index contributed by atoms with van der Waals surface area (Å²) in [6.07, 6.45) is 0. The van der Waals surface area contributed by atoms with Crippen LogP contribution in [0, 0.1) is 10.1 Å². The normalized spacial score (nSPS) is 14.1. The summed E-state index contributed by atoms with van der Waals surface area (Å²) in [6.45, 7) is 1.95. The van der Waals surface area contributed by atoms with Crippen molar-refractivity contribution in [3.8, 4) is 5.75 Å². The predicted molar refractivity (Wildman–Crippen MR) is 104 cm³/mol. The molecule has 2 amide bonds. The smallest absolute Gasteiger partial charge is 0.270 e. The molecule has 1 fully saturated rings. The predicted octanol–water partition coefficient (Wildman–Crippen LogP) is 1.83. The van der Waals surface area contributed by atoms with Crippen molar-refractivity contribution in [3.05, 3.63) is 63.7 Å². The minimum absolute atomic E-state index is 0.0227. The first-order chi connectivity index (χ1) is 14.0. The number of methoxy groups -OCH3 is 1. The van der Waals surface area contributed by atoms with Gasteiger partial charge in [-0.1, -0.05) is 12.1 Å². The van der Waals surface area contributed by atoms with Crippen LogP contribution in [-0.2, 0) is 4.74 Å². The van der Waals surface area contributed by atoms with Gasteiger partial charge in [0.2, 0.25) is 0 Å². The van der Waals surface area contributed by atoms with E-state index in [0.717, 1.165) is 6.07 Å². The van der Waals surface area contributed by atoms with Crippen LogP contribution in [-0.4, -0.2) is 55.2 Å². The van der Waals surface area contributed by atoms with Crippen LogP contribution in [0.1, 0.15) is 20.7 Å². The number of ether oxygens (including phenoxy) is 2. The lowest BCUT2D eigenvalue weighted by atomic mass is 10.0. The van der Waals surface area contributed by atoms with Gasteiger partial charge in [0, 0.05) is 25.2 Å². The van der Waals surface area contributed by atoms with E-state index < -0.39 is 16.7 Å². The van der Waals surface area contributed by atoms with Crippen LogP contribution in [0.25, 0.3) is 0 Å². The van der Waals surface area contributed by atoms with Crippen molar-refractivity contribution in [2.45, 2.75) is 0 Å². The number of nitrogens with zero attached hydrogens (tertiary/aromatic N) is 2. The van der Waals surface area contributed by atoms with Crippen molar-refractivity contribution in [1.29, 1.82) is 0 Å². The summed E-state index contributed by atoms with van der Waals surface area (Å²) in [7, 11) is 1.46. The standard InChI is InChI=1S/C19H20N4O6/c1-28-17-5-3-2-4-16(17)20-18(24)15-12-13(23(26)27)6-7-14(15)19(25)21-22-8-10-29-11-9-22/h2-7,12H,8-11H2,1H3,(H,20,24)(H,21,25). The van der Waals surface area contributed by atoms with Gasteiger partial charge in [0.25, 0.3) is 17.5 Å². The Hall–Kier alpha value is -3.50. The van der Waals surface area contributed by atoms with Crippen molar-refractivity contribution in [2.24, 2.45) is 0 Å². The Kier molecular flexibility index (Phi) is 6.37. The molecule has 152 valence electrons. The van der Waals surface area contributed by atoms with Crippen molar-refractivity contribution >= 4 is 23.2 Å². The SMILES string of the molecule is COc1ccccc1NC(=O)c1cc([N+](=O)[O-])ccc1C(=O)NN1CCOCC1. The number of rotatable bonds is 6. The molecule has 0 radical (unpaired) electrons. The van der Waals surface area contributed by atoms with Crippen LogP contribution in [0.2, 0.25) is 0 Å². The number of nitro benzene ring substituents is 1. The van der Waals surface area contributed by atoms with Gasteiger partial charge < -0.3 is 14.8 Å². The number of benzene rings is 2. The van der Waals surface area contributed by atoms with Gasteiger partial charge >= 0.3 is 0 Å². The largest absolute Gasteiger partial charge is 0.495 e. The van der Waals surface area contributed by atoms with Crippen molar-refractivity contribution in [1.82, 2.24) is 10.4 Å². The maximum absolute atomic E-state index is 12.9. The van der Waals surface area contributed by atoms with E-state index in [-0.39, 0.29) is 16.8 Å². The Morgan fingerprint density at radius 3 is 2.52 bits per heavy atom. The lowest BCUT2D eigenvalue weighted by molar-refractivity contribution is -0.384. The molecule has 2 aromatic rings. The quantitative estimate of drug-likeness (QED) is 0.560. The van der Waals surface area contributed by atoms with E-state index in [4.69, 9.17) is 9.47 Å². The zero-order valence-electron chi connectivity index (χ0n) is 15.7. The minimum atomic E-state index is -0.662. The average Bonchev–Trinajstić information content (AvgIpc) is 2.74. The number of hydrazine groups is 1. The molecule has 1 saturated heterocycles. The maximum atomic E-state index is 12.9. The van der Waals surface area contributed by atoms with Crippen LogP contribution in [0.15, 0.2) is 42.5 Å². The summed E-state index contributed by atoms with van der Waals surface area (Å²) in [4.78, 5) is 36.1. The van der Waals surface area contributed by atoms with Gasteiger partial charge in [0.05, 0.1) is 42.1 Å². The molecule has 0 atom stereocenters. The fourth-order valence-corrected chi connectivity index (χ4v) is 2.85. The molecule has 0 unspecified atom stereocenters. The first kappa shape index (κ1) is 20.2. The van der Waals surface area contributed by atoms with E-state index in [0.29, 0.717) is 37.7 Å². The van der Waals surface area contributed by atoms with Crippen molar-refractivity contribution in [3.63, 3.8) is 0 Å². The summed E-state index contributed by atoms with van der Waals surface area (Å²) >= 11 is 0. The molecule has 0 aromatic heterocycles. The summed E-state index contributed by atoms with van der Waals surface area (Å²) < 4.78 is 10.4. The minimum Gasteiger partial charge on any atom is -0.495 e. The van der Waals surface area contributed by atoms with Gasteiger partial charge in [-0.05, 0) is 18.2 Å². The zero-order valence-corrected chi connectivity index (χ0v) is 15.7. The molecule has 10 nitrogen and oxygen atoms in total. The third-order valence-electron chi connectivity index (χ3n) is 4.33. The number of carbonyl (C=O) groups is 2. The summed E-state index contributed by atoms with van der Waals surface area (Å²) in [5, 5.41) is 15.5. The number of anilines is 1. The molecule has 10 heteroatoms. The second-order valence-corrected chi connectivity index (χ2v) is 6.18. The zero-order chi connectivity index (χ0) is 20.8. The number of morpholine rings is 1. The van der Waals surface area contributed by atoms with Crippen LogP contribution < -0.4 is 15.5 Å². The van der Waals surface area contributed by atoms with E-state index in [1.807, 2.05) is 0 Å². The Balaban J connectivity index is 1.89. The molecular weight excluding hydrogens is 380 g/mol. The van der Waals surface area contributed by atoms with Gasteiger partial charge in [-0.25, -0.2) is 5.01 Å². The second kappa shape index (κ2) is 9.13. The number of carbonyl (C=O) groups excluding carboxylic acids is 2. The van der Waals surface area contributed by atoms with Gasteiger partial charge in [-0.15, -0.1) is 0 Å². The second-order valence-electron chi connectivity index (χ2n) is 6.18.